The predicted octanol–water partition coefficient (Wildman–Crippen LogP) is 5.98. The van der Waals surface area contributed by atoms with Crippen LogP contribution in [0.1, 0.15) is 5.56 Å². The highest BCUT2D eigenvalue weighted by atomic mass is 35.5. The average molecular weight is 335 g/mol. The summed E-state index contributed by atoms with van der Waals surface area (Å²) in [4.78, 5) is 8.00. The van der Waals surface area contributed by atoms with E-state index in [1.807, 2.05) is 54.6 Å². The van der Waals surface area contributed by atoms with E-state index < -0.39 is 0 Å². The number of ether oxygens (including phenoxy) is 1. The number of aromatic amines is 1. The molecule has 0 atom stereocenters. The molecule has 0 radical (unpaired) electrons. The van der Waals surface area contributed by atoms with Crippen LogP contribution in [-0.2, 0) is 0 Å². The maximum absolute atomic E-state index is 5.88. The number of imidazole rings is 1. The molecule has 1 aromatic heterocycles. The molecule has 0 amide bonds. The topological polar surface area (TPSA) is 37.9 Å². The number of nitrogens with one attached hydrogen (secondary N) is 1. The lowest BCUT2D eigenvalue weighted by Gasteiger charge is -2.06. The number of aryl methyl sites for hydroxylation is 1. The molecule has 118 valence electrons. The van der Waals surface area contributed by atoms with Gasteiger partial charge in [0, 0.05) is 10.6 Å². The number of rotatable bonds is 3. The van der Waals surface area contributed by atoms with Crippen LogP contribution in [0.15, 0.2) is 66.7 Å². The van der Waals surface area contributed by atoms with Crippen LogP contribution in [-0.4, -0.2) is 9.97 Å². The van der Waals surface area contributed by atoms with Crippen molar-refractivity contribution < 1.29 is 4.74 Å². The van der Waals surface area contributed by atoms with Crippen molar-refractivity contribution in [2.24, 2.45) is 0 Å². The Labute approximate surface area is 144 Å². The zero-order valence-corrected chi connectivity index (χ0v) is 13.8. The molecule has 1 N–H and O–H groups in total. The highest BCUT2D eigenvalue weighted by molar-refractivity contribution is 6.30. The summed E-state index contributed by atoms with van der Waals surface area (Å²) in [6, 6.07) is 21.4. The number of nitrogens with zero attached hydrogens (tertiary/aromatic N) is 1. The minimum atomic E-state index is 0.692. The monoisotopic (exact) mass is 334 g/mol. The lowest BCUT2D eigenvalue weighted by Crippen LogP contribution is -1.85. The molecule has 0 spiro atoms. The second kappa shape index (κ2) is 6.02. The fourth-order valence-electron chi connectivity index (χ4n) is 2.58. The molecule has 4 rings (SSSR count). The lowest BCUT2D eigenvalue weighted by molar-refractivity contribution is 0.483. The van der Waals surface area contributed by atoms with E-state index in [9.17, 15) is 0 Å². The predicted molar refractivity (Wildman–Crippen MR) is 97.8 cm³/mol. The normalized spacial score (nSPS) is 10.9. The zero-order valence-electron chi connectivity index (χ0n) is 13.1. The Morgan fingerprint density at radius 2 is 1.54 bits per heavy atom. The van der Waals surface area contributed by atoms with Crippen molar-refractivity contribution in [2.45, 2.75) is 6.92 Å². The third kappa shape index (κ3) is 2.99. The summed E-state index contributed by atoms with van der Waals surface area (Å²) in [5, 5.41) is 0.692. The van der Waals surface area contributed by atoms with Crippen LogP contribution < -0.4 is 4.74 Å². The van der Waals surface area contributed by atoms with E-state index in [1.54, 1.807) is 0 Å². The van der Waals surface area contributed by atoms with Gasteiger partial charge in [-0.25, -0.2) is 4.98 Å². The van der Waals surface area contributed by atoms with Gasteiger partial charge in [0.15, 0.2) is 0 Å². The molecule has 0 saturated carbocycles. The van der Waals surface area contributed by atoms with Gasteiger partial charge in [0.25, 0.3) is 0 Å². The molecular weight excluding hydrogens is 320 g/mol. The van der Waals surface area contributed by atoms with Crippen molar-refractivity contribution in [2.75, 3.05) is 0 Å². The average Bonchev–Trinajstić information content (AvgIpc) is 3.01. The van der Waals surface area contributed by atoms with Crippen molar-refractivity contribution in [3.05, 3.63) is 77.3 Å². The second-order valence-corrected chi connectivity index (χ2v) is 6.12. The number of halogens is 1. The summed E-state index contributed by atoms with van der Waals surface area (Å²) in [6.07, 6.45) is 0. The Bertz CT molecular complexity index is 989. The fraction of sp³-hybridized carbons (Fsp3) is 0.0500. The van der Waals surface area contributed by atoms with Gasteiger partial charge in [-0.2, -0.15) is 0 Å². The second-order valence-electron chi connectivity index (χ2n) is 5.69. The molecule has 3 nitrogen and oxygen atoms in total. The quantitative estimate of drug-likeness (QED) is 0.500. The minimum absolute atomic E-state index is 0.692. The molecule has 0 aliphatic carbocycles. The number of H-pyrrole nitrogens is 1. The van der Waals surface area contributed by atoms with Crippen LogP contribution in [0, 0.1) is 6.92 Å². The van der Waals surface area contributed by atoms with Gasteiger partial charge in [-0.05, 0) is 73.2 Å². The first kappa shape index (κ1) is 14.8. The van der Waals surface area contributed by atoms with Gasteiger partial charge in [-0.15, -0.1) is 0 Å². The van der Waals surface area contributed by atoms with E-state index >= 15 is 0 Å². The molecule has 24 heavy (non-hydrogen) atoms. The molecule has 0 aliphatic heterocycles. The Kier molecular flexibility index (Phi) is 3.71. The largest absolute Gasteiger partial charge is 0.457 e. The summed E-state index contributed by atoms with van der Waals surface area (Å²) < 4.78 is 5.81. The summed E-state index contributed by atoms with van der Waals surface area (Å²) in [5.41, 5.74) is 4.25. The summed E-state index contributed by atoms with van der Waals surface area (Å²) in [5.74, 6) is 2.38. The maximum atomic E-state index is 5.88. The number of fused-ring (bicyclic) bond motifs is 1. The molecule has 0 unspecified atom stereocenters. The van der Waals surface area contributed by atoms with Crippen molar-refractivity contribution >= 4 is 22.6 Å². The number of hydrogen-bond donors (Lipinski definition) is 1. The van der Waals surface area contributed by atoms with Gasteiger partial charge in [-0.1, -0.05) is 17.7 Å². The summed E-state index contributed by atoms with van der Waals surface area (Å²) >= 11 is 5.88. The van der Waals surface area contributed by atoms with Gasteiger partial charge < -0.3 is 9.72 Å². The molecule has 0 bridgehead atoms. The third-order valence-electron chi connectivity index (χ3n) is 3.81. The maximum Gasteiger partial charge on any atom is 0.138 e. The van der Waals surface area contributed by atoms with Crippen molar-refractivity contribution in [1.82, 2.24) is 9.97 Å². The molecule has 0 fully saturated rings. The lowest BCUT2D eigenvalue weighted by atomic mass is 10.2. The Hall–Kier alpha value is -2.78. The standard InChI is InChI=1S/C20H15ClN2O/c1-13-2-11-18-19(12-13)23-20(22-18)14-3-7-16(8-4-14)24-17-9-5-15(21)6-10-17/h2-12H,1H3,(H,22,23). The summed E-state index contributed by atoms with van der Waals surface area (Å²) in [6.45, 7) is 2.07. The van der Waals surface area contributed by atoms with Crippen molar-refractivity contribution in [3.63, 3.8) is 0 Å². The van der Waals surface area contributed by atoms with Gasteiger partial charge in [0.2, 0.25) is 0 Å². The molecular formula is C20H15ClN2O. The molecule has 1 heterocycles. The van der Waals surface area contributed by atoms with E-state index in [2.05, 4.69) is 29.0 Å². The molecule has 4 aromatic rings. The molecule has 0 aliphatic rings. The van der Waals surface area contributed by atoms with Gasteiger partial charge in [0.1, 0.15) is 17.3 Å². The fourth-order valence-corrected chi connectivity index (χ4v) is 2.71. The van der Waals surface area contributed by atoms with Crippen molar-refractivity contribution in [3.8, 4) is 22.9 Å². The van der Waals surface area contributed by atoms with E-state index in [1.165, 1.54) is 5.56 Å². The Balaban J connectivity index is 1.59. The first-order valence-electron chi connectivity index (χ1n) is 7.68. The highest BCUT2D eigenvalue weighted by Crippen LogP contribution is 2.26. The summed E-state index contributed by atoms with van der Waals surface area (Å²) in [7, 11) is 0. The highest BCUT2D eigenvalue weighted by Gasteiger charge is 2.06. The van der Waals surface area contributed by atoms with Crippen molar-refractivity contribution in [1.29, 1.82) is 0 Å². The van der Waals surface area contributed by atoms with E-state index in [4.69, 9.17) is 16.3 Å². The minimum Gasteiger partial charge on any atom is -0.457 e. The SMILES string of the molecule is Cc1ccc2nc(-c3ccc(Oc4ccc(Cl)cc4)cc3)[nH]c2c1. The van der Waals surface area contributed by atoms with E-state index in [0.717, 1.165) is 33.9 Å². The van der Waals surface area contributed by atoms with E-state index in [0.29, 0.717) is 5.02 Å². The zero-order chi connectivity index (χ0) is 16.5. The van der Waals surface area contributed by atoms with Crippen LogP contribution >= 0.6 is 11.6 Å². The molecule has 3 aromatic carbocycles. The Morgan fingerprint density at radius 3 is 2.25 bits per heavy atom. The van der Waals surface area contributed by atoms with Crippen LogP contribution in [0.3, 0.4) is 0 Å². The van der Waals surface area contributed by atoms with Crippen LogP contribution in [0.25, 0.3) is 22.4 Å². The van der Waals surface area contributed by atoms with Crippen LogP contribution in [0.2, 0.25) is 5.02 Å². The Morgan fingerprint density at radius 1 is 0.875 bits per heavy atom. The van der Waals surface area contributed by atoms with Gasteiger partial charge in [-0.3, -0.25) is 0 Å². The number of aromatic nitrogens is 2. The van der Waals surface area contributed by atoms with Crippen LogP contribution in [0.5, 0.6) is 11.5 Å². The van der Waals surface area contributed by atoms with Crippen LogP contribution in [0.4, 0.5) is 0 Å². The first-order valence-corrected chi connectivity index (χ1v) is 8.05. The number of hydrogen-bond acceptors (Lipinski definition) is 2. The van der Waals surface area contributed by atoms with Gasteiger partial charge in [0.05, 0.1) is 11.0 Å². The molecule has 4 heteroatoms. The molecule has 0 saturated heterocycles. The van der Waals surface area contributed by atoms with E-state index in [-0.39, 0.29) is 0 Å². The number of benzene rings is 3. The first-order chi connectivity index (χ1) is 11.7. The third-order valence-corrected chi connectivity index (χ3v) is 4.07. The van der Waals surface area contributed by atoms with Gasteiger partial charge >= 0.3 is 0 Å². The smallest absolute Gasteiger partial charge is 0.138 e.